The zero-order valence-electron chi connectivity index (χ0n) is 8.72. The van der Waals surface area contributed by atoms with Crippen LogP contribution in [0.3, 0.4) is 0 Å². The third kappa shape index (κ3) is 6.54. The average Bonchev–Trinajstić information content (AvgIpc) is 2.14. The molecule has 4 heteroatoms. The molecule has 0 saturated carbocycles. The van der Waals surface area contributed by atoms with Crippen molar-refractivity contribution in [3.8, 4) is 0 Å². The van der Waals surface area contributed by atoms with Crippen molar-refractivity contribution in [3.05, 3.63) is 0 Å². The van der Waals surface area contributed by atoms with Gasteiger partial charge in [0.25, 0.3) is 0 Å². The Morgan fingerprint density at radius 3 is 2.62 bits per heavy atom. The zero-order chi connectivity index (χ0) is 10.1. The number of hydrogen-bond acceptors (Lipinski definition) is 3. The highest BCUT2D eigenvalue weighted by Gasteiger charge is 2.08. The van der Waals surface area contributed by atoms with Crippen molar-refractivity contribution in [2.45, 2.75) is 26.3 Å². The fourth-order valence-electron chi connectivity index (χ4n) is 0.980. The van der Waals surface area contributed by atoms with E-state index in [1.807, 2.05) is 13.8 Å². The first-order valence-corrected chi connectivity index (χ1v) is 4.73. The Kier molecular flexibility index (Phi) is 7.63. The van der Waals surface area contributed by atoms with Crippen molar-refractivity contribution in [1.29, 1.82) is 0 Å². The summed E-state index contributed by atoms with van der Waals surface area (Å²) in [5, 5.41) is 5.84. The number of amides is 1. The molecule has 0 aromatic carbocycles. The van der Waals surface area contributed by atoms with E-state index in [2.05, 4.69) is 10.6 Å². The number of carbonyl (C=O) groups is 1. The molecule has 0 spiro atoms. The van der Waals surface area contributed by atoms with Gasteiger partial charge in [-0.1, -0.05) is 13.8 Å². The molecular weight excluding hydrogens is 168 g/mol. The first kappa shape index (κ1) is 12.4. The van der Waals surface area contributed by atoms with Crippen LogP contribution in [0.25, 0.3) is 0 Å². The van der Waals surface area contributed by atoms with E-state index in [4.69, 9.17) is 4.74 Å². The van der Waals surface area contributed by atoms with E-state index in [9.17, 15) is 4.79 Å². The molecule has 2 N–H and O–H groups in total. The van der Waals surface area contributed by atoms with Crippen LogP contribution in [0.1, 0.15) is 20.3 Å². The summed E-state index contributed by atoms with van der Waals surface area (Å²) >= 11 is 0. The summed E-state index contributed by atoms with van der Waals surface area (Å²) in [6.07, 6.45) is 0.895. The molecule has 0 rings (SSSR count). The molecule has 13 heavy (non-hydrogen) atoms. The fraction of sp³-hybridized carbons (Fsp3) is 0.889. The maximum atomic E-state index is 11.2. The molecule has 0 bridgehead atoms. The highest BCUT2D eigenvalue weighted by Crippen LogP contribution is 1.90. The summed E-state index contributed by atoms with van der Waals surface area (Å²) in [4.78, 5) is 11.2. The topological polar surface area (TPSA) is 50.4 Å². The largest absolute Gasteiger partial charge is 0.383 e. The Balaban J connectivity index is 3.60. The molecule has 0 aliphatic heterocycles. The number of carbonyl (C=O) groups excluding carboxylic acids is 1. The molecule has 1 unspecified atom stereocenters. The molecule has 0 radical (unpaired) electrons. The van der Waals surface area contributed by atoms with Crippen molar-refractivity contribution >= 4 is 5.91 Å². The lowest BCUT2D eigenvalue weighted by atomic mass is 10.2. The second-order valence-corrected chi connectivity index (χ2v) is 2.91. The van der Waals surface area contributed by atoms with Gasteiger partial charge in [-0.2, -0.15) is 0 Å². The van der Waals surface area contributed by atoms with E-state index < -0.39 is 0 Å². The van der Waals surface area contributed by atoms with Gasteiger partial charge in [-0.05, 0) is 13.0 Å². The molecule has 0 aromatic heterocycles. The van der Waals surface area contributed by atoms with Gasteiger partial charge in [-0.25, -0.2) is 0 Å². The Bertz CT molecular complexity index is 140. The zero-order valence-corrected chi connectivity index (χ0v) is 8.72. The van der Waals surface area contributed by atoms with E-state index in [-0.39, 0.29) is 11.9 Å². The minimum absolute atomic E-state index is 0.0331. The van der Waals surface area contributed by atoms with Gasteiger partial charge >= 0.3 is 0 Å². The number of likely N-dealkylation sites (N-methyl/N-ethyl adjacent to an activating group) is 1. The van der Waals surface area contributed by atoms with Crippen LogP contribution in [0.5, 0.6) is 0 Å². The third-order valence-electron chi connectivity index (χ3n) is 1.76. The summed E-state index contributed by atoms with van der Waals surface area (Å²) in [6, 6.07) is 0.135. The fourth-order valence-corrected chi connectivity index (χ4v) is 0.980. The van der Waals surface area contributed by atoms with Crippen LogP contribution < -0.4 is 10.6 Å². The molecule has 0 aliphatic carbocycles. The summed E-state index contributed by atoms with van der Waals surface area (Å²) in [5.74, 6) is 0.0331. The van der Waals surface area contributed by atoms with Gasteiger partial charge in [-0.15, -0.1) is 0 Å². The number of rotatable bonds is 7. The Labute approximate surface area is 80.0 Å². The van der Waals surface area contributed by atoms with Crippen LogP contribution in [0.15, 0.2) is 0 Å². The van der Waals surface area contributed by atoms with Crippen LogP contribution in [-0.4, -0.2) is 38.8 Å². The van der Waals surface area contributed by atoms with Crippen LogP contribution in [0, 0.1) is 0 Å². The second-order valence-electron chi connectivity index (χ2n) is 2.91. The van der Waals surface area contributed by atoms with Crippen molar-refractivity contribution < 1.29 is 9.53 Å². The Morgan fingerprint density at radius 1 is 1.46 bits per heavy atom. The Hall–Kier alpha value is -0.610. The Morgan fingerprint density at radius 2 is 2.15 bits per heavy atom. The van der Waals surface area contributed by atoms with Gasteiger partial charge in [0, 0.05) is 7.11 Å². The SMILES string of the molecule is CCNCC(=O)NC(CC)COC. The van der Waals surface area contributed by atoms with Crippen LogP contribution in [-0.2, 0) is 9.53 Å². The van der Waals surface area contributed by atoms with Gasteiger partial charge in [0.2, 0.25) is 5.91 Å². The number of ether oxygens (including phenoxy) is 1. The van der Waals surface area contributed by atoms with E-state index >= 15 is 0 Å². The predicted octanol–water partition coefficient (Wildman–Crippen LogP) is 0.137. The first-order valence-electron chi connectivity index (χ1n) is 4.73. The van der Waals surface area contributed by atoms with Crippen molar-refractivity contribution in [1.82, 2.24) is 10.6 Å². The van der Waals surface area contributed by atoms with Gasteiger partial charge < -0.3 is 15.4 Å². The number of nitrogens with one attached hydrogen (secondary N) is 2. The maximum absolute atomic E-state index is 11.2. The predicted molar refractivity (Wildman–Crippen MR) is 52.6 cm³/mol. The molecule has 0 fully saturated rings. The summed E-state index contributed by atoms with van der Waals surface area (Å²) < 4.78 is 4.97. The van der Waals surface area contributed by atoms with E-state index in [1.165, 1.54) is 0 Å². The number of hydrogen-bond donors (Lipinski definition) is 2. The van der Waals surface area contributed by atoms with E-state index in [0.717, 1.165) is 13.0 Å². The van der Waals surface area contributed by atoms with Gasteiger partial charge in [-0.3, -0.25) is 4.79 Å². The van der Waals surface area contributed by atoms with Crippen molar-refractivity contribution in [2.24, 2.45) is 0 Å². The first-order chi connectivity index (χ1) is 6.24. The summed E-state index contributed by atoms with van der Waals surface area (Å²) in [6.45, 7) is 5.77. The average molecular weight is 188 g/mol. The lowest BCUT2D eigenvalue weighted by Crippen LogP contribution is -2.42. The standard InChI is InChI=1S/C9H20N2O2/c1-4-8(7-13-3)11-9(12)6-10-5-2/h8,10H,4-7H2,1-3H3,(H,11,12). The molecule has 4 nitrogen and oxygen atoms in total. The minimum Gasteiger partial charge on any atom is -0.383 e. The molecule has 0 aliphatic rings. The highest BCUT2D eigenvalue weighted by molar-refractivity contribution is 5.78. The monoisotopic (exact) mass is 188 g/mol. The minimum atomic E-state index is 0.0331. The van der Waals surface area contributed by atoms with Crippen molar-refractivity contribution in [2.75, 3.05) is 26.8 Å². The highest BCUT2D eigenvalue weighted by atomic mass is 16.5. The van der Waals surface area contributed by atoms with Crippen LogP contribution in [0.4, 0.5) is 0 Å². The smallest absolute Gasteiger partial charge is 0.234 e. The maximum Gasteiger partial charge on any atom is 0.234 e. The van der Waals surface area contributed by atoms with Crippen LogP contribution in [0.2, 0.25) is 0 Å². The molecular formula is C9H20N2O2. The lowest BCUT2D eigenvalue weighted by Gasteiger charge is -2.15. The molecule has 78 valence electrons. The molecule has 0 heterocycles. The molecule has 1 atom stereocenters. The van der Waals surface area contributed by atoms with Gasteiger partial charge in [0.15, 0.2) is 0 Å². The second kappa shape index (κ2) is 8.01. The molecule has 0 saturated heterocycles. The molecule has 0 aromatic rings. The van der Waals surface area contributed by atoms with Gasteiger partial charge in [0.1, 0.15) is 0 Å². The number of methoxy groups -OCH3 is 1. The summed E-state index contributed by atoms with van der Waals surface area (Å²) in [7, 11) is 1.64. The normalized spacial score (nSPS) is 12.5. The van der Waals surface area contributed by atoms with E-state index in [1.54, 1.807) is 7.11 Å². The third-order valence-corrected chi connectivity index (χ3v) is 1.76. The van der Waals surface area contributed by atoms with E-state index in [0.29, 0.717) is 13.2 Å². The van der Waals surface area contributed by atoms with Crippen LogP contribution >= 0.6 is 0 Å². The van der Waals surface area contributed by atoms with Gasteiger partial charge in [0.05, 0.1) is 19.2 Å². The molecule has 1 amide bonds. The quantitative estimate of drug-likeness (QED) is 0.597. The van der Waals surface area contributed by atoms with Crippen molar-refractivity contribution in [3.63, 3.8) is 0 Å². The summed E-state index contributed by atoms with van der Waals surface area (Å²) in [5.41, 5.74) is 0. The lowest BCUT2D eigenvalue weighted by molar-refractivity contribution is -0.121.